The van der Waals surface area contributed by atoms with Crippen LogP contribution in [0.2, 0.25) is 0 Å². The van der Waals surface area contributed by atoms with Crippen molar-refractivity contribution in [1.29, 1.82) is 0 Å². The molecule has 104 valence electrons. The van der Waals surface area contributed by atoms with Crippen molar-refractivity contribution in [2.45, 2.75) is 38.5 Å². The first kappa shape index (κ1) is 14.5. The average Bonchev–Trinajstić information content (AvgIpc) is 2.43. The van der Waals surface area contributed by atoms with Gasteiger partial charge < -0.3 is 5.32 Å². The summed E-state index contributed by atoms with van der Waals surface area (Å²) < 4.78 is 14.1. The van der Waals surface area contributed by atoms with Gasteiger partial charge in [-0.1, -0.05) is 38.2 Å². The van der Waals surface area contributed by atoms with Crippen molar-refractivity contribution in [3.8, 4) is 0 Å². The second kappa shape index (κ2) is 7.04. The standard InChI is InChI=1S/C15H19BrFNO/c16-13-8-4-7-12(14(13)17)15(19)18-10-9-11-5-2-1-3-6-11/h4,7-8,11H,1-3,5-6,9-10H2,(H,18,19). The van der Waals surface area contributed by atoms with E-state index in [-0.39, 0.29) is 11.5 Å². The number of hydrogen-bond acceptors (Lipinski definition) is 1. The number of benzene rings is 1. The zero-order valence-corrected chi connectivity index (χ0v) is 12.5. The summed E-state index contributed by atoms with van der Waals surface area (Å²) in [4.78, 5) is 11.9. The van der Waals surface area contributed by atoms with E-state index < -0.39 is 5.82 Å². The molecule has 0 spiro atoms. The second-order valence-corrected chi connectivity index (χ2v) is 6.00. The van der Waals surface area contributed by atoms with Gasteiger partial charge in [0.15, 0.2) is 0 Å². The number of carbonyl (C=O) groups is 1. The van der Waals surface area contributed by atoms with E-state index in [0.29, 0.717) is 11.0 Å². The molecule has 0 atom stereocenters. The minimum absolute atomic E-state index is 0.109. The molecular formula is C15H19BrFNO. The Bertz CT molecular complexity index is 444. The number of rotatable bonds is 4. The lowest BCUT2D eigenvalue weighted by molar-refractivity contribution is 0.0946. The van der Waals surface area contributed by atoms with Crippen molar-refractivity contribution < 1.29 is 9.18 Å². The van der Waals surface area contributed by atoms with Crippen LogP contribution in [0.25, 0.3) is 0 Å². The summed E-state index contributed by atoms with van der Waals surface area (Å²) >= 11 is 3.09. The lowest BCUT2D eigenvalue weighted by atomic mass is 9.87. The first-order valence-electron chi connectivity index (χ1n) is 6.90. The Kier molecular flexibility index (Phi) is 5.37. The van der Waals surface area contributed by atoms with Gasteiger partial charge in [-0.25, -0.2) is 4.39 Å². The summed E-state index contributed by atoms with van der Waals surface area (Å²) in [6.07, 6.45) is 7.48. The predicted octanol–water partition coefficient (Wildman–Crippen LogP) is 4.29. The lowest BCUT2D eigenvalue weighted by Crippen LogP contribution is -2.27. The molecule has 1 aliphatic rings. The van der Waals surface area contributed by atoms with Gasteiger partial charge in [-0.2, -0.15) is 0 Å². The van der Waals surface area contributed by atoms with Crippen LogP contribution in [0.1, 0.15) is 48.9 Å². The summed E-state index contributed by atoms with van der Waals surface area (Å²) in [5, 5.41) is 2.81. The Morgan fingerprint density at radius 1 is 1.32 bits per heavy atom. The number of hydrogen-bond donors (Lipinski definition) is 1. The number of carbonyl (C=O) groups excluding carboxylic acids is 1. The smallest absolute Gasteiger partial charge is 0.254 e. The van der Waals surface area contributed by atoms with Crippen molar-refractivity contribution in [3.05, 3.63) is 34.1 Å². The van der Waals surface area contributed by atoms with E-state index in [0.717, 1.165) is 12.3 Å². The molecule has 1 aromatic rings. The second-order valence-electron chi connectivity index (χ2n) is 5.15. The van der Waals surface area contributed by atoms with Gasteiger partial charge in [-0.05, 0) is 40.4 Å². The molecule has 1 fully saturated rings. The minimum atomic E-state index is -0.488. The highest BCUT2D eigenvalue weighted by atomic mass is 79.9. The van der Waals surface area contributed by atoms with Crippen LogP contribution >= 0.6 is 15.9 Å². The minimum Gasteiger partial charge on any atom is -0.352 e. The van der Waals surface area contributed by atoms with Gasteiger partial charge in [-0.3, -0.25) is 4.79 Å². The molecule has 1 N–H and O–H groups in total. The van der Waals surface area contributed by atoms with Crippen molar-refractivity contribution >= 4 is 21.8 Å². The van der Waals surface area contributed by atoms with E-state index in [9.17, 15) is 9.18 Å². The van der Waals surface area contributed by atoms with Gasteiger partial charge in [0, 0.05) is 6.54 Å². The zero-order chi connectivity index (χ0) is 13.7. The van der Waals surface area contributed by atoms with Crippen LogP contribution in [0.3, 0.4) is 0 Å². The van der Waals surface area contributed by atoms with E-state index >= 15 is 0 Å². The Balaban J connectivity index is 1.82. The molecule has 1 saturated carbocycles. The van der Waals surface area contributed by atoms with Crippen LogP contribution in [0.15, 0.2) is 22.7 Å². The van der Waals surface area contributed by atoms with Crippen LogP contribution in [0.5, 0.6) is 0 Å². The van der Waals surface area contributed by atoms with Crippen molar-refractivity contribution in [2.75, 3.05) is 6.54 Å². The third-order valence-corrected chi connectivity index (χ3v) is 4.37. The van der Waals surface area contributed by atoms with Gasteiger partial charge in [0.05, 0.1) is 10.0 Å². The summed E-state index contributed by atoms with van der Waals surface area (Å²) in [6, 6.07) is 4.77. The molecule has 1 aliphatic carbocycles. The molecule has 2 nitrogen and oxygen atoms in total. The molecule has 4 heteroatoms. The lowest BCUT2D eigenvalue weighted by Gasteiger charge is -2.21. The molecule has 0 unspecified atom stereocenters. The van der Waals surface area contributed by atoms with Crippen LogP contribution in [0, 0.1) is 11.7 Å². The van der Waals surface area contributed by atoms with E-state index in [2.05, 4.69) is 21.2 Å². The Hall–Kier alpha value is -0.900. The van der Waals surface area contributed by atoms with Gasteiger partial charge >= 0.3 is 0 Å². The van der Waals surface area contributed by atoms with Crippen molar-refractivity contribution in [3.63, 3.8) is 0 Å². The fraction of sp³-hybridized carbons (Fsp3) is 0.533. The molecule has 1 amide bonds. The van der Waals surface area contributed by atoms with Crippen LogP contribution in [-0.4, -0.2) is 12.5 Å². The summed E-state index contributed by atoms with van der Waals surface area (Å²) in [5.41, 5.74) is 0.109. The van der Waals surface area contributed by atoms with Crippen LogP contribution in [-0.2, 0) is 0 Å². The summed E-state index contributed by atoms with van der Waals surface area (Å²) in [6.45, 7) is 0.634. The third kappa shape index (κ3) is 4.03. The first-order chi connectivity index (χ1) is 9.18. The largest absolute Gasteiger partial charge is 0.352 e. The summed E-state index contributed by atoms with van der Waals surface area (Å²) in [7, 11) is 0. The zero-order valence-electron chi connectivity index (χ0n) is 10.9. The molecular weight excluding hydrogens is 309 g/mol. The van der Waals surface area contributed by atoms with Gasteiger partial charge in [0.2, 0.25) is 0 Å². The molecule has 19 heavy (non-hydrogen) atoms. The number of halogens is 2. The SMILES string of the molecule is O=C(NCCC1CCCCC1)c1cccc(Br)c1F. The highest BCUT2D eigenvalue weighted by Crippen LogP contribution is 2.25. The summed E-state index contributed by atoms with van der Waals surface area (Å²) in [5.74, 6) is -0.0892. The molecule has 0 saturated heterocycles. The first-order valence-corrected chi connectivity index (χ1v) is 7.70. The van der Waals surface area contributed by atoms with E-state index in [4.69, 9.17) is 0 Å². The maximum atomic E-state index is 13.7. The normalized spacial score (nSPS) is 16.3. The monoisotopic (exact) mass is 327 g/mol. The Morgan fingerprint density at radius 2 is 2.05 bits per heavy atom. The number of amides is 1. The fourth-order valence-corrected chi connectivity index (χ4v) is 3.01. The van der Waals surface area contributed by atoms with E-state index in [1.54, 1.807) is 12.1 Å². The third-order valence-electron chi connectivity index (χ3n) is 3.76. The van der Waals surface area contributed by atoms with E-state index in [1.165, 1.54) is 38.2 Å². The molecule has 0 heterocycles. The fourth-order valence-electron chi connectivity index (χ4n) is 2.64. The maximum Gasteiger partial charge on any atom is 0.254 e. The van der Waals surface area contributed by atoms with Crippen molar-refractivity contribution in [1.82, 2.24) is 5.32 Å². The maximum absolute atomic E-state index is 13.7. The molecule has 0 aromatic heterocycles. The molecule has 2 rings (SSSR count). The quantitative estimate of drug-likeness (QED) is 0.878. The van der Waals surface area contributed by atoms with Gasteiger partial charge in [0.1, 0.15) is 5.82 Å². The Morgan fingerprint density at radius 3 is 2.79 bits per heavy atom. The molecule has 0 aliphatic heterocycles. The van der Waals surface area contributed by atoms with Crippen LogP contribution < -0.4 is 5.32 Å². The highest BCUT2D eigenvalue weighted by molar-refractivity contribution is 9.10. The van der Waals surface area contributed by atoms with Crippen molar-refractivity contribution in [2.24, 2.45) is 5.92 Å². The number of nitrogens with one attached hydrogen (secondary N) is 1. The predicted molar refractivity (Wildman–Crippen MR) is 77.6 cm³/mol. The molecule has 0 radical (unpaired) electrons. The Labute approximate surface area is 121 Å². The van der Waals surface area contributed by atoms with Gasteiger partial charge in [0.25, 0.3) is 5.91 Å². The van der Waals surface area contributed by atoms with E-state index in [1.807, 2.05) is 0 Å². The van der Waals surface area contributed by atoms with Gasteiger partial charge in [-0.15, -0.1) is 0 Å². The highest BCUT2D eigenvalue weighted by Gasteiger charge is 2.16. The van der Waals surface area contributed by atoms with Crippen LogP contribution in [0.4, 0.5) is 4.39 Å². The topological polar surface area (TPSA) is 29.1 Å². The average molecular weight is 328 g/mol. The molecule has 1 aromatic carbocycles. The molecule has 0 bridgehead atoms.